The van der Waals surface area contributed by atoms with Crippen LogP contribution in [0.1, 0.15) is 18.1 Å². The van der Waals surface area contributed by atoms with Gasteiger partial charge in [0.2, 0.25) is 0 Å². The van der Waals surface area contributed by atoms with Crippen LogP contribution in [0.3, 0.4) is 0 Å². The summed E-state index contributed by atoms with van der Waals surface area (Å²) in [6.07, 6.45) is 1.70. The summed E-state index contributed by atoms with van der Waals surface area (Å²) in [4.78, 5) is 14.7. The van der Waals surface area contributed by atoms with Crippen LogP contribution in [0.4, 0.5) is 4.39 Å². The number of benzene rings is 2. The molecule has 1 N–H and O–H groups in total. The van der Waals surface area contributed by atoms with Crippen molar-refractivity contribution in [1.82, 2.24) is 4.90 Å². The van der Waals surface area contributed by atoms with E-state index < -0.39 is 0 Å². The van der Waals surface area contributed by atoms with Gasteiger partial charge in [0.25, 0.3) is 5.91 Å². The molecule has 2 aromatic rings. The highest BCUT2D eigenvalue weighted by Gasteiger charge is 2.32. The van der Waals surface area contributed by atoms with E-state index in [2.05, 4.69) is 15.9 Å². The Morgan fingerprint density at radius 1 is 1.33 bits per heavy atom. The number of halogens is 2. The quantitative estimate of drug-likeness (QED) is 0.489. The normalized spacial score (nSPS) is 15.7. The third-order valence-corrected chi connectivity index (χ3v) is 5.86. The molecule has 1 aliphatic rings. The minimum atomic E-state index is -0.327. The second kappa shape index (κ2) is 8.41. The van der Waals surface area contributed by atoms with E-state index in [1.165, 1.54) is 34.9 Å². The number of phenols is 1. The fourth-order valence-electron chi connectivity index (χ4n) is 2.49. The molecule has 0 bridgehead atoms. The number of aromatic hydroxyl groups is 1. The van der Waals surface area contributed by atoms with Gasteiger partial charge in [-0.1, -0.05) is 52.0 Å². The number of thiocarbonyl (C=S) groups is 1. The largest absolute Gasteiger partial charge is 0.504 e. The SMILES string of the molecule is CCOc1cc(C=C2SC(=S)N(Cc3ccc(F)cc3)C2=O)c(Br)cc1O. The monoisotopic (exact) mass is 467 g/mol. The van der Waals surface area contributed by atoms with Crippen molar-refractivity contribution in [3.8, 4) is 11.5 Å². The van der Waals surface area contributed by atoms with Gasteiger partial charge in [-0.25, -0.2) is 4.39 Å². The lowest BCUT2D eigenvalue weighted by molar-refractivity contribution is -0.122. The van der Waals surface area contributed by atoms with Crippen LogP contribution in [0.15, 0.2) is 45.8 Å². The number of phenolic OH excluding ortho intramolecular Hbond substituents is 1. The summed E-state index contributed by atoms with van der Waals surface area (Å²) >= 11 is 9.92. The van der Waals surface area contributed by atoms with Crippen molar-refractivity contribution in [2.45, 2.75) is 13.5 Å². The van der Waals surface area contributed by atoms with Crippen LogP contribution in [0, 0.1) is 5.82 Å². The van der Waals surface area contributed by atoms with Crippen LogP contribution in [0.2, 0.25) is 0 Å². The molecule has 2 aromatic carbocycles. The molecule has 0 aromatic heterocycles. The number of carbonyl (C=O) groups is 1. The van der Waals surface area contributed by atoms with Crippen molar-refractivity contribution in [2.75, 3.05) is 6.61 Å². The predicted octanol–water partition coefficient (Wildman–Crippen LogP) is 5.09. The summed E-state index contributed by atoms with van der Waals surface area (Å²) in [6.45, 7) is 2.51. The Kier molecular flexibility index (Phi) is 6.18. The molecule has 1 amide bonds. The van der Waals surface area contributed by atoms with E-state index in [4.69, 9.17) is 17.0 Å². The van der Waals surface area contributed by atoms with Gasteiger partial charge in [0.15, 0.2) is 11.5 Å². The summed E-state index contributed by atoms with van der Waals surface area (Å²) in [5.74, 6) is -0.183. The Morgan fingerprint density at radius 3 is 2.70 bits per heavy atom. The fourth-order valence-corrected chi connectivity index (χ4v) is 4.18. The molecule has 8 heteroatoms. The number of ether oxygens (including phenoxy) is 1. The Morgan fingerprint density at radius 2 is 2.04 bits per heavy atom. The number of hydrogen-bond donors (Lipinski definition) is 1. The number of amides is 1. The minimum Gasteiger partial charge on any atom is -0.504 e. The van der Waals surface area contributed by atoms with Crippen LogP contribution in [-0.2, 0) is 11.3 Å². The summed E-state index contributed by atoms with van der Waals surface area (Å²) < 4.78 is 19.5. The molecular weight excluding hydrogens is 453 g/mol. The molecule has 1 heterocycles. The highest BCUT2D eigenvalue weighted by Crippen LogP contribution is 2.38. The number of nitrogens with zero attached hydrogens (tertiary/aromatic N) is 1. The molecule has 0 radical (unpaired) electrons. The minimum absolute atomic E-state index is 0.0183. The van der Waals surface area contributed by atoms with Gasteiger partial charge in [-0.3, -0.25) is 9.69 Å². The van der Waals surface area contributed by atoms with Crippen LogP contribution in [0.25, 0.3) is 6.08 Å². The van der Waals surface area contributed by atoms with Gasteiger partial charge >= 0.3 is 0 Å². The highest BCUT2D eigenvalue weighted by molar-refractivity contribution is 9.10. The molecule has 4 nitrogen and oxygen atoms in total. The number of carbonyl (C=O) groups excluding carboxylic acids is 1. The first-order chi connectivity index (χ1) is 12.9. The molecule has 0 saturated carbocycles. The van der Waals surface area contributed by atoms with E-state index in [0.717, 1.165) is 5.56 Å². The Hall–Kier alpha value is -1.90. The average molecular weight is 468 g/mol. The lowest BCUT2D eigenvalue weighted by Crippen LogP contribution is -2.27. The van der Waals surface area contributed by atoms with Crippen molar-refractivity contribution in [3.05, 3.63) is 62.7 Å². The Labute approximate surface area is 174 Å². The molecule has 1 aliphatic heterocycles. The molecule has 0 spiro atoms. The van der Waals surface area contributed by atoms with Gasteiger partial charge in [-0.2, -0.15) is 0 Å². The zero-order chi connectivity index (χ0) is 19.6. The molecule has 1 saturated heterocycles. The topological polar surface area (TPSA) is 49.8 Å². The first kappa shape index (κ1) is 19.9. The molecular formula is C19H15BrFNO3S2. The third kappa shape index (κ3) is 4.51. The van der Waals surface area contributed by atoms with Crippen LogP contribution < -0.4 is 4.74 Å². The maximum Gasteiger partial charge on any atom is 0.266 e. The van der Waals surface area contributed by atoms with Crippen LogP contribution in [-0.4, -0.2) is 26.8 Å². The standard InChI is InChI=1S/C19H15BrFNO3S2/c1-2-25-16-7-12(14(20)9-15(16)23)8-17-18(24)22(19(26)27-17)10-11-3-5-13(21)6-4-11/h3-9,23H,2,10H2,1H3. The van der Waals surface area contributed by atoms with E-state index in [9.17, 15) is 14.3 Å². The Balaban J connectivity index is 1.86. The van der Waals surface area contributed by atoms with Crippen molar-refractivity contribution < 1.29 is 19.0 Å². The Bertz CT molecular complexity index is 931. The second-order valence-electron chi connectivity index (χ2n) is 5.67. The van der Waals surface area contributed by atoms with Crippen LogP contribution >= 0.6 is 39.9 Å². The number of rotatable bonds is 5. The maximum atomic E-state index is 13.1. The lowest BCUT2D eigenvalue weighted by Gasteiger charge is -2.14. The summed E-state index contributed by atoms with van der Waals surface area (Å²) in [5, 5.41) is 9.92. The summed E-state index contributed by atoms with van der Waals surface area (Å²) in [6, 6.07) is 9.15. The van der Waals surface area contributed by atoms with E-state index in [0.29, 0.717) is 31.6 Å². The van der Waals surface area contributed by atoms with Gasteiger partial charge in [-0.15, -0.1) is 0 Å². The molecule has 0 aliphatic carbocycles. The van der Waals surface area contributed by atoms with E-state index in [1.807, 2.05) is 6.92 Å². The van der Waals surface area contributed by atoms with Crippen molar-refractivity contribution in [2.24, 2.45) is 0 Å². The molecule has 0 atom stereocenters. The van der Waals surface area contributed by atoms with Gasteiger partial charge in [0.05, 0.1) is 18.1 Å². The average Bonchev–Trinajstić information content (AvgIpc) is 2.88. The van der Waals surface area contributed by atoms with E-state index >= 15 is 0 Å². The van der Waals surface area contributed by atoms with Gasteiger partial charge < -0.3 is 9.84 Å². The van der Waals surface area contributed by atoms with Crippen molar-refractivity contribution in [3.63, 3.8) is 0 Å². The van der Waals surface area contributed by atoms with Gasteiger partial charge in [0.1, 0.15) is 10.1 Å². The number of thioether (sulfide) groups is 1. The zero-order valence-corrected chi connectivity index (χ0v) is 17.5. The van der Waals surface area contributed by atoms with E-state index in [-0.39, 0.29) is 24.0 Å². The third-order valence-electron chi connectivity index (χ3n) is 3.79. The highest BCUT2D eigenvalue weighted by atomic mass is 79.9. The first-order valence-electron chi connectivity index (χ1n) is 8.04. The predicted molar refractivity (Wildman–Crippen MR) is 112 cm³/mol. The fraction of sp³-hybridized carbons (Fsp3) is 0.158. The van der Waals surface area contributed by atoms with E-state index in [1.54, 1.807) is 24.3 Å². The molecule has 3 rings (SSSR count). The maximum absolute atomic E-state index is 13.1. The number of hydrogen-bond acceptors (Lipinski definition) is 5. The van der Waals surface area contributed by atoms with Crippen molar-refractivity contribution in [1.29, 1.82) is 0 Å². The summed E-state index contributed by atoms with van der Waals surface area (Å²) in [5.41, 5.74) is 1.48. The molecule has 0 unspecified atom stereocenters. The van der Waals surface area contributed by atoms with Gasteiger partial charge in [0, 0.05) is 4.47 Å². The van der Waals surface area contributed by atoms with Gasteiger partial charge in [-0.05, 0) is 48.4 Å². The zero-order valence-electron chi connectivity index (χ0n) is 14.2. The lowest BCUT2D eigenvalue weighted by atomic mass is 10.1. The molecule has 140 valence electrons. The van der Waals surface area contributed by atoms with Crippen molar-refractivity contribution >= 4 is 56.2 Å². The first-order valence-corrected chi connectivity index (χ1v) is 10.1. The smallest absolute Gasteiger partial charge is 0.266 e. The molecule has 27 heavy (non-hydrogen) atoms. The second-order valence-corrected chi connectivity index (χ2v) is 8.20. The molecule has 1 fully saturated rings. The summed E-state index contributed by atoms with van der Waals surface area (Å²) in [7, 11) is 0. The van der Waals surface area contributed by atoms with Crippen LogP contribution in [0.5, 0.6) is 11.5 Å².